The average molecular weight is 289 g/mol. The molecule has 0 aliphatic carbocycles. The van der Waals surface area contributed by atoms with E-state index in [1.54, 1.807) is 31.9 Å². The van der Waals surface area contributed by atoms with E-state index in [9.17, 15) is 4.79 Å². The van der Waals surface area contributed by atoms with Crippen LogP contribution in [0.4, 0.5) is 0 Å². The minimum atomic E-state index is -0.246. The van der Waals surface area contributed by atoms with E-state index in [2.05, 4.69) is 20.5 Å². The molecule has 2 aromatic heterocycles. The summed E-state index contributed by atoms with van der Waals surface area (Å²) in [5, 5.41) is 10.9. The summed E-state index contributed by atoms with van der Waals surface area (Å²) >= 11 is 0. The minimum absolute atomic E-state index is 0.149. The van der Waals surface area contributed by atoms with Gasteiger partial charge in [-0.1, -0.05) is 0 Å². The lowest BCUT2D eigenvalue weighted by Gasteiger charge is -2.15. The highest BCUT2D eigenvalue weighted by molar-refractivity contribution is 5.95. The summed E-state index contributed by atoms with van der Waals surface area (Å²) in [7, 11) is 1.64. The minimum Gasteiger partial charge on any atom is -0.383 e. The summed E-state index contributed by atoms with van der Waals surface area (Å²) in [4.78, 5) is 16.3. The highest BCUT2D eigenvalue weighted by atomic mass is 16.5. The first-order valence-electron chi connectivity index (χ1n) is 6.71. The maximum atomic E-state index is 12.3. The van der Waals surface area contributed by atoms with Gasteiger partial charge in [0.25, 0.3) is 5.91 Å². The number of ether oxygens (including phenoxy) is 1. The third-order valence-electron chi connectivity index (χ3n) is 3.18. The highest BCUT2D eigenvalue weighted by Gasteiger charge is 2.17. The number of nitrogens with zero attached hydrogens (tertiary/aromatic N) is 4. The second-order valence-corrected chi connectivity index (χ2v) is 4.76. The Morgan fingerprint density at radius 1 is 1.52 bits per heavy atom. The molecule has 1 amide bonds. The normalized spacial score (nSPS) is 12.1. The number of hydrogen-bond donors (Lipinski definition) is 1. The van der Waals surface area contributed by atoms with E-state index in [0.29, 0.717) is 24.5 Å². The van der Waals surface area contributed by atoms with Gasteiger partial charge in [-0.2, -0.15) is 0 Å². The van der Waals surface area contributed by atoms with Crippen LogP contribution in [0.5, 0.6) is 0 Å². The van der Waals surface area contributed by atoms with Gasteiger partial charge in [-0.05, 0) is 25.5 Å². The van der Waals surface area contributed by atoms with Crippen LogP contribution in [0.25, 0.3) is 0 Å². The lowest BCUT2D eigenvalue weighted by molar-refractivity contribution is 0.0936. The van der Waals surface area contributed by atoms with Crippen LogP contribution in [0.2, 0.25) is 0 Å². The van der Waals surface area contributed by atoms with Crippen LogP contribution >= 0.6 is 0 Å². The molecule has 21 heavy (non-hydrogen) atoms. The zero-order valence-corrected chi connectivity index (χ0v) is 12.4. The molecule has 0 radical (unpaired) electrons. The van der Waals surface area contributed by atoms with Crippen LogP contribution in [0, 0.1) is 6.92 Å². The van der Waals surface area contributed by atoms with E-state index in [1.165, 1.54) is 0 Å². The molecule has 0 aliphatic rings. The van der Waals surface area contributed by atoms with Gasteiger partial charge < -0.3 is 14.6 Å². The maximum absolute atomic E-state index is 12.3. The number of aryl methyl sites for hydroxylation is 1. The van der Waals surface area contributed by atoms with Gasteiger partial charge in [0.05, 0.1) is 12.6 Å². The van der Waals surface area contributed by atoms with E-state index in [0.717, 1.165) is 5.56 Å². The zero-order chi connectivity index (χ0) is 15.2. The van der Waals surface area contributed by atoms with Crippen molar-refractivity contribution in [2.75, 3.05) is 13.7 Å². The smallest absolute Gasteiger partial charge is 0.252 e. The van der Waals surface area contributed by atoms with Crippen molar-refractivity contribution in [2.45, 2.75) is 26.4 Å². The molecular weight excluding hydrogens is 270 g/mol. The number of aromatic nitrogens is 4. The molecule has 0 fully saturated rings. The number of amides is 1. The van der Waals surface area contributed by atoms with Gasteiger partial charge in [0.15, 0.2) is 5.82 Å². The van der Waals surface area contributed by atoms with E-state index >= 15 is 0 Å². The Morgan fingerprint density at radius 3 is 3.05 bits per heavy atom. The van der Waals surface area contributed by atoms with Crippen LogP contribution in [-0.4, -0.2) is 39.4 Å². The SMILES string of the molecule is COCCn1cnnc1C(C)NC(=O)c1ccncc1C. The number of nitrogens with one attached hydrogen (secondary N) is 1. The summed E-state index contributed by atoms with van der Waals surface area (Å²) in [6.07, 6.45) is 4.91. The molecule has 0 spiro atoms. The first-order valence-corrected chi connectivity index (χ1v) is 6.71. The number of carbonyl (C=O) groups excluding carboxylic acids is 1. The molecule has 0 bridgehead atoms. The average Bonchev–Trinajstić information content (AvgIpc) is 2.93. The lowest BCUT2D eigenvalue weighted by Crippen LogP contribution is -2.29. The molecule has 0 aliphatic heterocycles. The highest BCUT2D eigenvalue weighted by Crippen LogP contribution is 2.12. The van der Waals surface area contributed by atoms with Gasteiger partial charge in [0.2, 0.25) is 0 Å². The van der Waals surface area contributed by atoms with Gasteiger partial charge in [-0.15, -0.1) is 10.2 Å². The second-order valence-electron chi connectivity index (χ2n) is 4.76. The van der Waals surface area contributed by atoms with Gasteiger partial charge in [0.1, 0.15) is 6.33 Å². The van der Waals surface area contributed by atoms with E-state index in [4.69, 9.17) is 4.74 Å². The summed E-state index contributed by atoms with van der Waals surface area (Å²) in [6, 6.07) is 1.46. The van der Waals surface area contributed by atoms with E-state index < -0.39 is 0 Å². The Labute approximate surface area is 123 Å². The van der Waals surface area contributed by atoms with Crippen molar-refractivity contribution >= 4 is 5.91 Å². The number of carbonyl (C=O) groups is 1. The Hall–Kier alpha value is -2.28. The Bertz CT molecular complexity index is 611. The largest absolute Gasteiger partial charge is 0.383 e. The predicted molar refractivity (Wildman–Crippen MR) is 76.8 cm³/mol. The number of pyridine rings is 1. The van der Waals surface area contributed by atoms with Crippen molar-refractivity contribution < 1.29 is 9.53 Å². The molecule has 0 aromatic carbocycles. The van der Waals surface area contributed by atoms with Crippen LogP contribution in [-0.2, 0) is 11.3 Å². The predicted octanol–water partition coefficient (Wildman–Crippen LogP) is 1.12. The summed E-state index contributed by atoms with van der Waals surface area (Å²) < 4.78 is 6.91. The third kappa shape index (κ3) is 3.63. The Balaban J connectivity index is 2.08. The molecule has 2 heterocycles. The topological polar surface area (TPSA) is 81.9 Å². The lowest BCUT2D eigenvalue weighted by atomic mass is 10.1. The van der Waals surface area contributed by atoms with E-state index in [1.807, 2.05) is 18.4 Å². The van der Waals surface area contributed by atoms with Crippen molar-refractivity contribution in [1.82, 2.24) is 25.1 Å². The number of hydrogen-bond acceptors (Lipinski definition) is 5. The first-order chi connectivity index (χ1) is 10.1. The molecule has 7 nitrogen and oxygen atoms in total. The van der Waals surface area contributed by atoms with Gasteiger partial charge in [-0.3, -0.25) is 9.78 Å². The van der Waals surface area contributed by atoms with Crippen molar-refractivity contribution in [3.63, 3.8) is 0 Å². The van der Waals surface area contributed by atoms with Crippen molar-refractivity contribution in [3.8, 4) is 0 Å². The molecule has 1 unspecified atom stereocenters. The molecule has 0 saturated heterocycles. The van der Waals surface area contributed by atoms with Crippen LogP contribution in [0.1, 0.15) is 34.7 Å². The fraction of sp³-hybridized carbons (Fsp3) is 0.429. The Morgan fingerprint density at radius 2 is 2.33 bits per heavy atom. The number of rotatable bonds is 6. The van der Waals surface area contributed by atoms with Gasteiger partial charge >= 0.3 is 0 Å². The maximum Gasteiger partial charge on any atom is 0.252 e. The summed E-state index contributed by atoms with van der Waals surface area (Å²) in [5.74, 6) is 0.552. The molecule has 112 valence electrons. The van der Waals surface area contributed by atoms with Crippen molar-refractivity contribution in [1.29, 1.82) is 0 Å². The molecule has 2 rings (SSSR count). The molecule has 1 N–H and O–H groups in total. The van der Waals surface area contributed by atoms with Gasteiger partial charge in [-0.25, -0.2) is 0 Å². The summed E-state index contributed by atoms with van der Waals surface area (Å²) in [6.45, 7) is 4.94. The second kappa shape index (κ2) is 6.94. The zero-order valence-electron chi connectivity index (χ0n) is 12.4. The quantitative estimate of drug-likeness (QED) is 0.861. The van der Waals surface area contributed by atoms with Crippen LogP contribution < -0.4 is 5.32 Å². The first kappa shape index (κ1) is 15.1. The van der Waals surface area contributed by atoms with Gasteiger partial charge in [0, 0.05) is 31.6 Å². The summed E-state index contributed by atoms with van der Waals surface area (Å²) in [5.41, 5.74) is 1.45. The van der Waals surface area contributed by atoms with E-state index in [-0.39, 0.29) is 11.9 Å². The molecule has 7 heteroatoms. The van der Waals surface area contributed by atoms with Crippen LogP contribution in [0.3, 0.4) is 0 Å². The molecular formula is C14H19N5O2. The Kier molecular flexibility index (Phi) is 4.99. The third-order valence-corrected chi connectivity index (χ3v) is 3.18. The fourth-order valence-electron chi connectivity index (χ4n) is 2.03. The van der Waals surface area contributed by atoms with Crippen LogP contribution in [0.15, 0.2) is 24.8 Å². The number of methoxy groups -OCH3 is 1. The fourth-order valence-corrected chi connectivity index (χ4v) is 2.03. The molecule has 1 atom stereocenters. The van der Waals surface area contributed by atoms with Crippen molar-refractivity contribution in [2.24, 2.45) is 0 Å². The molecule has 0 saturated carbocycles. The van der Waals surface area contributed by atoms with Crippen molar-refractivity contribution in [3.05, 3.63) is 41.7 Å². The monoisotopic (exact) mass is 289 g/mol. The standard InChI is InChI=1S/C14H19N5O2/c1-10-8-15-5-4-12(10)14(20)17-11(2)13-18-16-9-19(13)6-7-21-3/h4-5,8-9,11H,6-7H2,1-3H3,(H,17,20). The molecule has 2 aromatic rings.